The fourth-order valence-electron chi connectivity index (χ4n) is 2.73. The number of ether oxygens (including phenoxy) is 1. The van der Waals surface area contributed by atoms with Crippen molar-refractivity contribution < 1.29 is 9.84 Å². The van der Waals surface area contributed by atoms with Crippen LogP contribution in [0.2, 0.25) is 0 Å². The number of nitrogens with one attached hydrogen (secondary N) is 1. The Bertz CT molecular complexity index is 388. The Hall–Kier alpha value is -1.06. The predicted molar refractivity (Wildman–Crippen MR) is 77.6 cm³/mol. The summed E-state index contributed by atoms with van der Waals surface area (Å²) >= 11 is 0. The molecule has 1 aliphatic carbocycles. The first-order chi connectivity index (χ1) is 9.24. The second kappa shape index (κ2) is 6.92. The molecule has 0 aliphatic heterocycles. The van der Waals surface area contributed by atoms with Crippen LogP contribution in [0.1, 0.15) is 37.7 Å². The second-order valence-electron chi connectivity index (χ2n) is 5.63. The quantitative estimate of drug-likeness (QED) is 0.794. The lowest BCUT2D eigenvalue weighted by Crippen LogP contribution is -2.42. The van der Waals surface area contributed by atoms with Crippen LogP contribution in [0.5, 0.6) is 5.75 Å². The fraction of sp³-hybridized carbons (Fsp3) is 0.625. The first kappa shape index (κ1) is 14.4. The Balaban J connectivity index is 1.77. The topological polar surface area (TPSA) is 41.5 Å². The van der Waals surface area contributed by atoms with Gasteiger partial charge >= 0.3 is 0 Å². The van der Waals surface area contributed by atoms with E-state index < -0.39 is 0 Å². The first-order valence-electron chi connectivity index (χ1n) is 7.21. The number of methoxy groups -OCH3 is 1. The van der Waals surface area contributed by atoms with Gasteiger partial charge in [0, 0.05) is 12.6 Å². The van der Waals surface area contributed by atoms with Gasteiger partial charge in [0.15, 0.2) is 0 Å². The number of aliphatic hydroxyl groups excluding tert-OH is 1. The molecule has 0 spiro atoms. The van der Waals surface area contributed by atoms with Gasteiger partial charge in [-0.25, -0.2) is 0 Å². The van der Waals surface area contributed by atoms with Crippen LogP contribution in [0.25, 0.3) is 0 Å². The van der Waals surface area contributed by atoms with Gasteiger partial charge in [0.25, 0.3) is 0 Å². The van der Waals surface area contributed by atoms with Gasteiger partial charge in [0.05, 0.1) is 7.11 Å². The Morgan fingerprint density at radius 2 is 2.11 bits per heavy atom. The SMILES string of the molecule is COc1ccccc1C1CC(NCC(C)CCO)C1. The predicted octanol–water partition coefficient (Wildman–Crippen LogP) is 2.55. The Kier molecular flexibility index (Phi) is 5.23. The summed E-state index contributed by atoms with van der Waals surface area (Å²) in [6.45, 7) is 3.47. The Labute approximate surface area is 116 Å². The first-order valence-corrected chi connectivity index (χ1v) is 7.21. The maximum absolute atomic E-state index is 8.88. The maximum atomic E-state index is 8.88. The van der Waals surface area contributed by atoms with E-state index in [-0.39, 0.29) is 6.61 Å². The van der Waals surface area contributed by atoms with Crippen LogP contribution in [-0.4, -0.2) is 31.4 Å². The van der Waals surface area contributed by atoms with Gasteiger partial charge in [-0.05, 0) is 49.3 Å². The second-order valence-corrected chi connectivity index (χ2v) is 5.63. The van der Waals surface area contributed by atoms with Crippen molar-refractivity contribution in [2.75, 3.05) is 20.3 Å². The lowest BCUT2D eigenvalue weighted by molar-refractivity contribution is 0.239. The summed E-state index contributed by atoms with van der Waals surface area (Å²) < 4.78 is 5.42. The van der Waals surface area contributed by atoms with Gasteiger partial charge in [-0.1, -0.05) is 25.1 Å². The molecule has 106 valence electrons. The molecule has 1 unspecified atom stereocenters. The lowest BCUT2D eigenvalue weighted by Gasteiger charge is -2.37. The minimum atomic E-state index is 0.289. The summed E-state index contributed by atoms with van der Waals surface area (Å²) in [7, 11) is 1.74. The molecule has 2 rings (SSSR count). The van der Waals surface area contributed by atoms with E-state index in [0.29, 0.717) is 17.9 Å². The van der Waals surface area contributed by atoms with Gasteiger partial charge in [-0.3, -0.25) is 0 Å². The van der Waals surface area contributed by atoms with Crippen molar-refractivity contribution in [2.24, 2.45) is 5.92 Å². The largest absolute Gasteiger partial charge is 0.496 e. The molecule has 1 aliphatic rings. The van der Waals surface area contributed by atoms with Gasteiger partial charge in [-0.2, -0.15) is 0 Å². The number of hydrogen-bond donors (Lipinski definition) is 2. The molecule has 1 aromatic rings. The molecule has 1 aromatic carbocycles. The minimum Gasteiger partial charge on any atom is -0.496 e. The van der Waals surface area contributed by atoms with Crippen molar-refractivity contribution in [2.45, 2.75) is 38.1 Å². The van der Waals surface area contributed by atoms with Crippen molar-refractivity contribution in [3.8, 4) is 5.75 Å². The molecule has 19 heavy (non-hydrogen) atoms. The smallest absolute Gasteiger partial charge is 0.122 e. The fourth-order valence-corrected chi connectivity index (χ4v) is 2.73. The third kappa shape index (κ3) is 3.71. The molecule has 3 heteroatoms. The molecular formula is C16H25NO2. The number of para-hydroxylation sites is 1. The molecule has 3 nitrogen and oxygen atoms in total. The number of aliphatic hydroxyl groups is 1. The summed E-state index contributed by atoms with van der Waals surface area (Å²) in [5.74, 6) is 2.19. The standard InChI is InChI=1S/C16H25NO2/c1-12(7-8-18)11-17-14-9-13(10-14)15-5-3-4-6-16(15)19-2/h3-6,12-14,17-18H,7-11H2,1-2H3. The van der Waals surface area contributed by atoms with E-state index in [1.807, 2.05) is 12.1 Å². The van der Waals surface area contributed by atoms with Crippen LogP contribution in [0, 0.1) is 5.92 Å². The zero-order chi connectivity index (χ0) is 13.7. The number of rotatable bonds is 7. The van der Waals surface area contributed by atoms with Crippen molar-refractivity contribution in [3.05, 3.63) is 29.8 Å². The van der Waals surface area contributed by atoms with Crippen LogP contribution < -0.4 is 10.1 Å². The molecule has 1 fully saturated rings. The third-order valence-corrected chi connectivity index (χ3v) is 4.09. The summed E-state index contributed by atoms with van der Waals surface area (Å²) in [4.78, 5) is 0. The van der Waals surface area contributed by atoms with E-state index in [4.69, 9.17) is 9.84 Å². The molecule has 0 amide bonds. The lowest BCUT2D eigenvalue weighted by atomic mass is 9.75. The summed E-state index contributed by atoms with van der Waals surface area (Å²) in [5.41, 5.74) is 1.34. The van der Waals surface area contributed by atoms with Gasteiger partial charge in [0.1, 0.15) is 5.75 Å². The normalized spacial score (nSPS) is 23.7. The molecule has 0 heterocycles. The monoisotopic (exact) mass is 263 g/mol. The highest BCUT2D eigenvalue weighted by atomic mass is 16.5. The van der Waals surface area contributed by atoms with Crippen molar-refractivity contribution in [1.82, 2.24) is 5.32 Å². The van der Waals surface area contributed by atoms with Crippen molar-refractivity contribution in [3.63, 3.8) is 0 Å². The van der Waals surface area contributed by atoms with Crippen LogP contribution in [-0.2, 0) is 0 Å². The molecule has 0 radical (unpaired) electrons. The number of hydrogen-bond acceptors (Lipinski definition) is 3. The van der Waals surface area contributed by atoms with Crippen LogP contribution in [0.15, 0.2) is 24.3 Å². The highest BCUT2D eigenvalue weighted by molar-refractivity contribution is 5.37. The van der Waals surface area contributed by atoms with Gasteiger partial charge in [0.2, 0.25) is 0 Å². The molecule has 0 bridgehead atoms. The molecule has 1 atom stereocenters. The van der Waals surface area contributed by atoms with E-state index in [0.717, 1.165) is 18.7 Å². The maximum Gasteiger partial charge on any atom is 0.122 e. The van der Waals surface area contributed by atoms with Crippen LogP contribution in [0.3, 0.4) is 0 Å². The zero-order valence-corrected chi connectivity index (χ0v) is 11.9. The number of benzene rings is 1. The van der Waals surface area contributed by atoms with E-state index >= 15 is 0 Å². The molecule has 0 aromatic heterocycles. The highest BCUT2D eigenvalue weighted by Gasteiger charge is 2.31. The molecule has 0 saturated heterocycles. The van der Waals surface area contributed by atoms with Crippen LogP contribution >= 0.6 is 0 Å². The van der Waals surface area contributed by atoms with Crippen molar-refractivity contribution >= 4 is 0 Å². The van der Waals surface area contributed by atoms with Gasteiger partial charge in [-0.15, -0.1) is 0 Å². The summed E-state index contributed by atoms with van der Waals surface area (Å²) in [6, 6.07) is 8.94. The van der Waals surface area contributed by atoms with E-state index in [9.17, 15) is 0 Å². The third-order valence-electron chi connectivity index (χ3n) is 4.09. The molecule has 2 N–H and O–H groups in total. The van der Waals surface area contributed by atoms with Crippen molar-refractivity contribution in [1.29, 1.82) is 0 Å². The van der Waals surface area contributed by atoms with E-state index in [2.05, 4.69) is 24.4 Å². The average molecular weight is 263 g/mol. The summed E-state index contributed by atoms with van der Waals surface area (Å²) in [5, 5.41) is 12.5. The summed E-state index contributed by atoms with van der Waals surface area (Å²) in [6.07, 6.45) is 3.26. The highest BCUT2D eigenvalue weighted by Crippen LogP contribution is 2.40. The minimum absolute atomic E-state index is 0.289. The zero-order valence-electron chi connectivity index (χ0n) is 11.9. The average Bonchev–Trinajstić information content (AvgIpc) is 2.37. The van der Waals surface area contributed by atoms with Gasteiger partial charge < -0.3 is 15.2 Å². The Morgan fingerprint density at radius 1 is 1.37 bits per heavy atom. The van der Waals surface area contributed by atoms with E-state index in [1.165, 1.54) is 18.4 Å². The molecule has 1 saturated carbocycles. The molecular weight excluding hydrogens is 238 g/mol. The van der Waals surface area contributed by atoms with E-state index in [1.54, 1.807) is 7.11 Å². The Morgan fingerprint density at radius 3 is 2.79 bits per heavy atom. The van der Waals surface area contributed by atoms with Crippen LogP contribution in [0.4, 0.5) is 0 Å².